The van der Waals surface area contributed by atoms with Gasteiger partial charge >= 0.3 is 5.97 Å². The number of carbonyl (C=O) groups is 1. The lowest BCUT2D eigenvalue weighted by atomic mass is 9.76. The second kappa shape index (κ2) is 4.49. The third-order valence-corrected chi connectivity index (χ3v) is 3.32. The van der Waals surface area contributed by atoms with Crippen LogP contribution < -0.4 is 5.32 Å². The summed E-state index contributed by atoms with van der Waals surface area (Å²) in [5.74, 6) is -0.134. The van der Waals surface area contributed by atoms with Crippen LogP contribution in [0.3, 0.4) is 0 Å². The van der Waals surface area contributed by atoms with E-state index in [4.69, 9.17) is 9.47 Å². The van der Waals surface area contributed by atoms with Crippen LogP contribution in [0.15, 0.2) is 0 Å². The van der Waals surface area contributed by atoms with Crippen molar-refractivity contribution in [2.75, 3.05) is 26.3 Å². The Morgan fingerprint density at radius 3 is 2.87 bits per heavy atom. The second-order valence-corrected chi connectivity index (χ2v) is 4.58. The van der Waals surface area contributed by atoms with Crippen LogP contribution in [0.2, 0.25) is 0 Å². The highest BCUT2D eigenvalue weighted by Crippen LogP contribution is 2.35. The quantitative estimate of drug-likeness (QED) is 0.701. The van der Waals surface area contributed by atoms with E-state index in [-0.39, 0.29) is 12.1 Å². The standard InChI is InChI=1S/C11H19NO3/c1-2-14-10(13)5-9-3-4-11(8-15-9)6-12-7-11/h9,12H,2-8H2,1H3. The lowest BCUT2D eigenvalue weighted by Crippen LogP contribution is -2.58. The smallest absolute Gasteiger partial charge is 0.308 e. The summed E-state index contributed by atoms with van der Waals surface area (Å²) < 4.78 is 10.6. The zero-order valence-corrected chi connectivity index (χ0v) is 9.25. The minimum Gasteiger partial charge on any atom is -0.466 e. The molecule has 0 aromatic carbocycles. The van der Waals surface area contributed by atoms with Crippen molar-refractivity contribution in [3.05, 3.63) is 0 Å². The molecule has 4 nitrogen and oxygen atoms in total. The van der Waals surface area contributed by atoms with E-state index in [0.29, 0.717) is 18.4 Å². The molecule has 2 heterocycles. The van der Waals surface area contributed by atoms with E-state index in [1.165, 1.54) is 6.42 Å². The maximum Gasteiger partial charge on any atom is 0.308 e. The summed E-state index contributed by atoms with van der Waals surface area (Å²) in [6.07, 6.45) is 2.65. The number of nitrogens with one attached hydrogen (secondary N) is 1. The Labute approximate surface area is 90.3 Å². The fourth-order valence-electron chi connectivity index (χ4n) is 2.24. The molecular weight excluding hydrogens is 194 g/mol. The Morgan fingerprint density at radius 2 is 2.40 bits per heavy atom. The summed E-state index contributed by atoms with van der Waals surface area (Å²) in [6, 6.07) is 0. The molecule has 2 fully saturated rings. The van der Waals surface area contributed by atoms with Gasteiger partial charge in [0.15, 0.2) is 0 Å². The normalized spacial score (nSPS) is 28.5. The van der Waals surface area contributed by atoms with Crippen molar-refractivity contribution in [1.29, 1.82) is 0 Å². The fraction of sp³-hybridized carbons (Fsp3) is 0.909. The van der Waals surface area contributed by atoms with Gasteiger partial charge in [-0.3, -0.25) is 4.79 Å². The van der Waals surface area contributed by atoms with E-state index in [2.05, 4.69) is 5.32 Å². The van der Waals surface area contributed by atoms with Crippen LogP contribution in [0.1, 0.15) is 26.2 Å². The number of hydrogen-bond acceptors (Lipinski definition) is 4. The molecule has 0 aromatic heterocycles. The van der Waals surface area contributed by atoms with Gasteiger partial charge in [0, 0.05) is 18.5 Å². The van der Waals surface area contributed by atoms with Crippen LogP contribution in [0.4, 0.5) is 0 Å². The lowest BCUT2D eigenvalue weighted by molar-refractivity contribution is -0.150. The molecule has 0 bridgehead atoms. The van der Waals surface area contributed by atoms with Crippen molar-refractivity contribution in [3.63, 3.8) is 0 Å². The molecule has 1 atom stereocenters. The highest BCUT2D eigenvalue weighted by atomic mass is 16.5. The van der Waals surface area contributed by atoms with Crippen LogP contribution in [-0.4, -0.2) is 38.4 Å². The van der Waals surface area contributed by atoms with Crippen LogP contribution >= 0.6 is 0 Å². The molecule has 86 valence electrons. The molecule has 15 heavy (non-hydrogen) atoms. The van der Waals surface area contributed by atoms with Gasteiger partial charge in [-0.05, 0) is 19.8 Å². The summed E-state index contributed by atoms with van der Waals surface area (Å²) in [5, 5.41) is 3.28. The van der Waals surface area contributed by atoms with Crippen molar-refractivity contribution in [1.82, 2.24) is 5.32 Å². The average Bonchev–Trinajstić information content (AvgIpc) is 2.17. The van der Waals surface area contributed by atoms with Crippen LogP contribution in [0.25, 0.3) is 0 Å². The Balaban J connectivity index is 1.71. The molecule has 4 heteroatoms. The molecule has 1 spiro atoms. The Bertz CT molecular complexity index is 228. The number of hydrogen-bond donors (Lipinski definition) is 1. The number of ether oxygens (including phenoxy) is 2. The number of rotatable bonds is 3. The van der Waals surface area contributed by atoms with Gasteiger partial charge in [0.2, 0.25) is 0 Å². The van der Waals surface area contributed by atoms with E-state index in [1.807, 2.05) is 6.92 Å². The van der Waals surface area contributed by atoms with Gasteiger partial charge in [0.1, 0.15) is 0 Å². The van der Waals surface area contributed by atoms with Crippen LogP contribution in [0, 0.1) is 5.41 Å². The summed E-state index contributed by atoms with van der Waals surface area (Å²) in [5.41, 5.74) is 0.380. The first-order valence-electron chi connectivity index (χ1n) is 5.72. The minimum absolute atomic E-state index is 0.0790. The first kappa shape index (κ1) is 10.9. The first-order valence-corrected chi connectivity index (χ1v) is 5.72. The van der Waals surface area contributed by atoms with E-state index in [1.54, 1.807) is 0 Å². The van der Waals surface area contributed by atoms with Crippen LogP contribution in [-0.2, 0) is 14.3 Å². The first-order chi connectivity index (χ1) is 7.24. The van der Waals surface area contributed by atoms with Crippen molar-refractivity contribution in [2.24, 2.45) is 5.41 Å². The summed E-state index contributed by atoms with van der Waals surface area (Å²) in [6.45, 7) is 5.22. The minimum atomic E-state index is -0.134. The van der Waals surface area contributed by atoms with Gasteiger partial charge in [0.25, 0.3) is 0 Å². The third-order valence-electron chi connectivity index (χ3n) is 3.32. The topological polar surface area (TPSA) is 47.6 Å². The van der Waals surface area contributed by atoms with Gasteiger partial charge in [-0.1, -0.05) is 0 Å². The Hall–Kier alpha value is -0.610. The molecule has 2 saturated heterocycles. The maximum absolute atomic E-state index is 11.2. The molecule has 0 aliphatic carbocycles. The predicted octanol–water partition coefficient (Wildman–Crippen LogP) is 0.708. The fourth-order valence-corrected chi connectivity index (χ4v) is 2.24. The van der Waals surface area contributed by atoms with E-state index < -0.39 is 0 Å². The molecular formula is C11H19NO3. The van der Waals surface area contributed by atoms with E-state index >= 15 is 0 Å². The van der Waals surface area contributed by atoms with Crippen LogP contribution in [0.5, 0.6) is 0 Å². The monoisotopic (exact) mass is 213 g/mol. The van der Waals surface area contributed by atoms with Gasteiger partial charge in [-0.25, -0.2) is 0 Å². The molecule has 2 aliphatic heterocycles. The van der Waals surface area contributed by atoms with Gasteiger partial charge in [-0.15, -0.1) is 0 Å². The van der Waals surface area contributed by atoms with E-state index in [9.17, 15) is 4.79 Å². The molecule has 1 unspecified atom stereocenters. The summed E-state index contributed by atoms with van der Waals surface area (Å²) >= 11 is 0. The number of esters is 1. The Morgan fingerprint density at radius 1 is 1.60 bits per heavy atom. The molecule has 0 saturated carbocycles. The third kappa shape index (κ3) is 2.49. The molecule has 0 amide bonds. The molecule has 1 N–H and O–H groups in total. The number of carbonyl (C=O) groups excluding carboxylic acids is 1. The molecule has 2 aliphatic rings. The zero-order valence-electron chi connectivity index (χ0n) is 9.25. The second-order valence-electron chi connectivity index (χ2n) is 4.58. The van der Waals surface area contributed by atoms with Gasteiger partial charge in [0.05, 0.1) is 25.7 Å². The van der Waals surface area contributed by atoms with Gasteiger partial charge in [-0.2, -0.15) is 0 Å². The zero-order chi connectivity index (χ0) is 10.7. The molecule has 0 radical (unpaired) electrons. The largest absolute Gasteiger partial charge is 0.466 e. The van der Waals surface area contributed by atoms with Crippen molar-refractivity contribution in [2.45, 2.75) is 32.3 Å². The summed E-state index contributed by atoms with van der Waals surface area (Å²) in [4.78, 5) is 11.2. The maximum atomic E-state index is 11.2. The predicted molar refractivity (Wildman–Crippen MR) is 55.5 cm³/mol. The van der Waals surface area contributed by atoms with Gasteiger partial charge < -0.3 is 14.8 Å². The highest BCUT2D eigenvalue weighted by Gasteiger charge is 2.41. The van der Waals surface area contributed by atoms with E-state index in [0.717, 1.165) is 26.1 Å². The van der Waals surface area contributed by atoms with Crippen molar-refractivity contribution >= 4 is 5.97 Å². The molecule has 0 aromatic rings. The highest BCUT2D eigenvalue weighted by molar-refractivity contribution is 5.69. The van der Waals surface area contributed by atoms with Crippen molar-refractivity contribution in [3.8, 4) is 0 Å². The van der Waals surface area contributed by atoms with Crippen molar-refractivity contribution < 1.29 is 14.3 Å². The SMILES string of the molecule is CCOC(=O)CC1CCC2(CNC2)CO1. The average molecular weight is 213 g/mol. The summed E-state index contributed by atoms with van der Waals surface area (Å²) in [7, 11) is 0. The lowest BCUT2D eigenvalue weighted by Gasteiger charge is -2.46. The molecule has 2 rings (SSSR count). The Kier molecular flexibility index (Phi) is 3.26.